The molecule has 1 aliphatic heterocycles. The Bertz CT molecular complexity index is 440. The quantitative estimate of drug-likeness (QED) is 0.741. The maximum absolute atomic E-state index is 13.3. The highest BCUT2D eigenvalue weighted by molar-refractivity contribution is 9.12. The molecule has 0 spiro atoms. The minimum atomic E-state index is -0.607. The Hall–Kier alpha value is -1.07. The van der Waals surface area contributed by atoms with E-state index in [-0.39, 0.29) is 0 Å². The molecule has 0 unspecified atom stereocenters. The standard InChI is InChI=1S/C9H5BrF2N2/c10-7-4-13-14-9(7)6-2-1-5(11)3-8(6)12/h1-4H,(H,13,14)/p+1. The number of hydrogen-bond donors (Lipinski definition) is 1. The van der Waals surface area contributed by atoms with E-state index in [4.69, 9.17) is 0 Å². The smallest absolute Gasteiger partial charge is 0.149 e. The van der Waals surface area contributed by atoms with Crippen molar-refractivity contribution in [1.29, 1.82) is 0 Å². The van der Waals surface area contributed by atoms with Gasteiger partial charge in [0.25, 0.3) is 0 Å². The molecule has 72 valence electrons. The molecule has 1 aromatic carbocycles. The van der Waals surface area contributed by atoms with Crippen LogP contribution in [-0.4, -0.2) is 5.71 Å². The van der Waals surface area contributed by atoms with Crippen LogP contribution in [0.5, 0.6) is 0 Å². The lowest BCUT2D eigenvalue weighted by Gasteiger charge is -2.00. The van der Waals surface area contributed by atoms with Crippen molar-refractivity contribution in [3.63, 3.8) is 0 Å². The molecule has 0 radical (unpaired) electrons. The second kappa shape index (κ2) is 3.59. The van der Waals surface area contributed by atoms with Gasteiger partial charge >= 0.3 is 0 Å². The Morgan fingerprint density at radius 2 is 2.07 bits per heavy atom. The summed E-state index contributed by atoms with van der Waals surface area (Å²) in [5, 5.41) is 3.97. The second-order valence-corrected chi connectivity index (χ2v) is 3.62. The molecule has 0 saturated carbocycles. The summed E-state index contributed by atoms with van der Waals surface area (Å²) in [6, 6.07) is 3.42. The van der Waals surface area contributed by atoms with Crippen molar-refractivity contribution in [3.05, 3.63) is 46.1 Å². The molecule has 0 amide bonds. The highest BCUT2D eigenvalue weighted by Crippen LogP contribution is 2.18. The summed E-state index contributed by atoms with van der Waals surface area (Å²) in [6.45, 7) is 0. The number of allylic oxidation sites excluding steroid dienone is 1. The number of hydrogen-bond acceptors (Lipinski definition) is 1. The van der Waals surface area contributed by atoms with Crippen LogP contribution in [0.4, 0.5) is 8.78 Å². The number of benzene rings is 1. The third kappa shape index (κ3) is 1.60. The average molecular weight is 260 g/mol. The first-order valence-electron chi connectivity index (χ1n) is 3.91. The number of halogens is 3. The van der Waals surface area contributed by atoms with Crippen molar-refractivity contribution in [2.45, 2.75) is 0 Å². The third-order valence-electron chi connectivity index (χ3n) is 1.84. The maximum Gasteiger partial charge on any atom is 0.149 e. The minimum absolute atomic E-state index is 0.295. The lowest BCUT2D eigenvalue weighted by Crippen LogP contribution is -2.69. The summed E-state index contributed by atoms with van der Waals surface area (Å²) in [4.78, 5) is 0. The summed E-state index contributed by atoms with van der Waals surface area (Å²) in [5.41, 5.74) is 2.34. The van der Waals surface area contributed by atoms with Crippen molar-refractivity contribution >= 4 is 21.6 Å². The zero-order valence-corrected chi connectivity index (χ0v) is 8.55. The number of rotatable bonds is 1. The van der Waals surface area contributed by atoms with Crippen LogP contribution in [0.2, 0.25) is 0 Å². The summed E-state index contributed by atoms with van der Waals surface area (Å²) in [7, 11) is 0. The van der Waals surface area contributed by atoms with E-state index in [9.17, 15) is 8.78 Å². The van der Waals surface area contributed by atoms with Crippen molar-refractivity contribution in [2.24, 2.45) is 5.10 Å². The molecule has 2 rings (SSSR count). The second-order valence-electron chi connectivity index (χ2n) is 2.77. The van der Waals surface area contributed by atoms with Gasteiger partial charge in [-0.3, -0.25) is 0 Å². The Balaban J connectivity index is 2.48. The molecule has 0 saturated heterocycles. The number of quaternary nitrogens is 1. The van der Waals surface area contributed by atoms with E-state index in [1.807, 2.05) is 0 Å². The normalized spacial score (nSPS) is 15.4. The highest BCUT2D eigenvalue weighted by Gasteiger charge is 2.19. The molecule has 0 atom stereocenters. The van der Waals surface area contributed by atoms with Gasteiger partial charge in [0, 0.05) is 11.6 Å². The third-order valence-corrected chi connectivity index (χ3v) is 2.48. The van der Waals surface area contributed by atoms with Crippen LogP contribution in [0.15, 0.2) is 34.0 Å². The van der Waals surface area contributed by atoms with E-state index >= 15 is 0 Å². The van der Waals surface area contributed by atoms with Gasteiger partial charge in [0.05, 0.1) is 0 Å². The predicted octanol–water partition coefficient (Wildman–Crippen LogP) is 1.48. The Labute approximate surface area is 87.4 Å². The van der Waals surface area contributed by atoms with Gasteiger partial charge in [0.1, 0.15) is 28.0 Å². The van der Waals surface area contributed by atoms with Gasteiger partial charge in [0.15, 0.2) is 0 Å². The topological polar surface area (TPSA) is 29.0 Å². The molecule has 14 heavy (non-hydrogen) atoms. The average Bonchev–Trinajstić information content (AvgIpc) is 2.52. The molecule has 0 fully saturated rings. The molecule has 0 aromatic heterocycles. The number of nitrogens with zero attached hydrogens (tertiary/aromatic N) is 1. The summed E-state index contributed by atoms with van der Waals surface area (Å²) in [6.07, 6.45) is 1.71. The molecule has 1 aliphatic rings. The predicted molar refractivity (Wildman–Crippen MR) is 51.8 cm³/mol. The molecule has 1 heterocycles. The van der Waals surface area contributed by atoms with Crippen molar-refractivity contribution in [1.82, 2.24) is 0 Å². The molecule has 0 aliphatic carbocycles. The first-order chi connectivity index (χ1) is 6.68. The molecule has 2 N–H and O–H groups in total. The van der Waals surface area contributed by atoms with E-state index in [2.05, 4.69) is 21.0 Å². The van der Waals surface area contributed by atoms with Crippen LogP contribution in [0, 0.1) is 11.6 Å². The van der Waals surface area contributed by atoms with E-state index in [1.165, 1.54) is 12.1 Å². The van der Waals surface area contributed by atoms with Crippen LogP contribution in [0.3, 0.4) is 0 Å². The number of nitrogens with two attached hydrogens (primary N) is 1. The van der Waals surface area contributed by atoms with Gasteiger partial charge in [-0.2, -0.15) is 5.43 Å². The van der Waals surface area contributed by atoms with Crippen LogP contribution >= 0.6 is 15.9 Å². The first kappa shape index (κ1) is 9.48. The molecule has 5 heteroatoms. The van der Waals surface area contributed by atoms with E-state index in [1.54, 1.807) is 11.6 Å². The minimum Gasteiger partial charge on any atom is -0.207 e. The van der Waals surface area contributed by atoms with Gasteiger partial charge in [0.2, 0.25) is 0 Å². The lowest BCUT2D eigenvalue weighted by atomic mass is 10.1. The van der Waals surface area contributed by atoms with Gasteiger partial charge < -0.3 is 0 Å². The van der Waals surface area contributed by atoms with Crippen molar-refractivity contribution in [3.8, 4) is 0 Å². The van der Waals surface area contributed by atoms with E-state index in [0.29, 0.717) is 15.8 Å². The Kier molecular flexibility index (Phi) is 2.43. The Morgan fingerprint density at radius 3 is 2.64 bits per heavy atom. The molecule has 0 bridgehead atoms. The summed E-state index contributed by atoms with van der Waals surface area (Å²) < 4.78 is 26.6. The van der Waals surface area contributed by atoms with Gasteiger partial charge in [-0.25, -0.2) is 8.78 Å². The van der Waals surface area contributed by atoms with Crippen molar-refractivity contribution in [2.75, 3.05) is 0 Å². The van der Waals surface area contributed by atoms with Crippen LogP contribution in [0.25, 0.3) is 0 Å². The largest absolute Gasteiger partial charge is 0.207 e. The van der Waals surface area contributed by atoms with Crippen LogP contribution in [0.1, 0.15) is 5.56 Å². The summed E-state index contributed by atoms with van der Waals surface area (Å²) >= 11 is 3.23. The van der Waals surface area contributed by atoms with Gasteiger partial charge in [-0.15, -0.1) is 0 Å². The van der Waals surface area contributed by atoms with Gasteiger partial charge in [-0.1, -0.05) is 5.10 Å². The van der Waals surface area contributed by atoms with Gasteiger partial charge in [-0.05, 0) is 28.1 Å². The molecule has 1 aromatic rings. The molecular formula is C9H6BrF2N2+. The lowest BCUT2D eigenvalue weighted by molar-refractivity contribution is -0.590. The van der Waals surface area contributed by atoms with Crippen LogP contribution < -0.4 is 5.43 Å². The maximum atomic E-state index is 13.3. The SMILES string of the molecule is Fc1ccc(C2=N[NH2+]C=C2Br)c(F)c1. The fourth-order valence-electron chi connectivity index (χ4n) is 1.20. The monoisotopic (exact) mass is 259 g/mol. The van der Waals surface area contributed by atoms with E-state index < -0.39 is 11.6 Å². The fraction of sp³-hybridized carbons (Fsp3) is 0. The Morgan fingerprint density at radius 1 is 1.29 bits per heavy atom. The molecule has 2 nitrogen and oxygen atoms in total. The zero-order chi connectivity index (χ0) is 10.1. The molecular weight excluding hydrogens is 254 g/mol. The van der Waals surface area contributed by atoms with E-state index in [0.717, 1.165) is 6.07 Å². The first-order valence-corrected chi connectivity index (χ1v) is 4.70. The van der Waals surface area contributed by atoms with Crippen molar-refractivity contribution < 1.29 is 14.2 Å². The fourth-order valence-corrected chi connectivity index (χ4v) is 1.63. The zero-order valence-electron chi connectivity index (χ0n) is 6.97. The summed E-state index contributed by atoms with van der Waals surface area (Å²) in [5.74, 6) is -1.20. The van der Waals surface area contributed by atoms with Crippen LogP contribution in [-0.2, 0) is 0 Å². The highest BCUT2D eigenvalue weighted by atomic mass is 79.9.